The first-order valence-corrected chi connectivity index (χ1v) is 6.85. The molecule has 1 atom stereocenters. The Morgan fingerprint density at radius 1 is 1.42 bits per heavy atom. The molecule has 3 heterocycles. The first-order chi connectivity index (χ1) is 9.17. The quantitative estimate of drug-likeness (QED) is 0.870. The van der Waals surface area contributed by atoms with Gasteiger partial charge in [-0.25, -0.2) is 0 Å². The Morgan fingerprint density at radius 3 is 3.05 bits per heavy atom. The van der Waals surface area contributed by atoms with Crippen molar-refractivity contribution >= 4 is 15.9 Å². The maximum atomic E-state index is 10.5. The Morgan fingerprint density at radius 2 is 2.32 bits per heavy atom. The van der Waals surface area contributed by atoms with Crippen LogP contribution in [0.2, 0.25) is 0 Å². The topological polar surface area (TPSA) is 84.1 Å². The zero-order valence-electron chi connectivity index (χ0n) is 10.1. The summed E-state index contributed by atoms with van der Waals surface area (Å²) in [7, 11) is 0. The number of nitrogens with one attached hydrogen (secondary N) is 1. The summed E-state index contributed by atoms with van der Waals surface area (Å²) in [5.74, 6) is 0.692. The summed E-state index contributed by atoms with van der Waals surface area (Å²) in [5, 5.41) is 17.5. The van der Waals surface area contributed by atoms with Crippen molar-refractivity contribution < 1.29 is 9.63 Å². The molecule has 3 rings (SSSR count). The number of β-amino-alcohol motifs (C(OH)–C–C–N with tert-alkyl or cyclic N) is 1. The van der Waals surface area contributed by atoms with Crippen LogP contribution in [0.25, 0.3) is 11.4 Å². The predicted octanol–water partition coefficient (Wildman–Crippen LogP) is 1.47. The van der Waals surface area contributed by atoms with Gasteiger partial charge in [-0.3, -0.25) is 4.98 Å². The molecular formula is C12H13BrN4O2. The number of rotatable bonds is 2. The lowest BCUT2D eigenvalue weighted by atomic mass is 9.94. The molecule has 0 radical (unpaired) electrons. The fourth-order valence-corrected chi connectivity index (χ4v) is 2.50. The van der Waals surface area contributed by atoms with Gasteiger partial charge < -0.3 is 14.9 Å². The Labute approximate surface area is 118 Å². The zero-order valence-corrected chi connectivity index (χ0v) is 11.7. The fraction of sp³-hybridized carbons (Fsp3) is 0.417. The van der Waals surface area contributed by atoms with Crippen LogP contribution in [-0.2, 0) is 5.60 Å². The molecule has 19 heavy (non-hydrogen) atoms. The normalized spacial score (nSPS) is 23.5. The molecule has 7 heteroatoms. The molecule has 0 spiro atoms. The Hall–Kier alpha value is -1.31. The number of hydrogen-bond acceptors (Lipinski definition) is 6. The van der Waals surface area contributed by atoms with Crippen LogP contribution < -0.4 is 5.32 Å². The Balaban J connectivity index is 1.91. The van der Waals surface area contributed by atoms with Gasteiger partial charge in [-0.1, -0.05) is 5.16 Å². The van der Waals surface area contributed by atoms with Crippen LogP contribution in [0, 0.1) is 0 Å². The van der Waals surface area contributed by atoms with E-state index in [2.05, 4.69) is 36.4 Å². The lowest BCUT2D eigenvalue weighted by Crippen LogP contribution is -2.43. The summed E-state index contributed by atoms with van der Waals surface area (Å²) in [6, 6.07) is 1.85. The molecule has 100 valence electrons. The summed E-state index contributed by atoms with van der Waals surface area (Å²) in [5.41, 5.74) is -0.320. The van der Waals surface area contributed by atoms with E-state index in [1.54, 1.807) is 12.4 Å². The molecule has 1 aliphatic rings. The fourth-order valence-electron chi connectivity index (χ4n) is 2.14. The number of aromatic nitrogens is 3. The van der Waals surface area contributed by atoms with Gasteiger partial charge in [0.1, 0.15) is 0 Å². The maximum Gasteiger partial charge on any atom is 0.260 e. The number of halogens is 1. The van der Waals surface area contributed by atoms with Crippen LogP contribution in [0.3, 0.4) is 0 Å². The summed E-state index contributed by atoms with van der Waals surface area (Å²) in [6.45, 7) is 1.34. The van der Waals surface area contributed by atoms with Crippen molar-refractivity contribution in [3.63, 3.8) is 0 Å². The standard InChI is InChI=1S/C12H13BrN4O2/c13-9-4-8(5-15-6-9)10-16-11(19-17-10)12(18)2-1-3-14-7-12/h4-6,14,18H,1-3,7H2. The van der Waals surface area contributed by atoms with Crippen molar-refractivity contribution in [1.82, 2.24) is 20.4 Å². The molecule has 1 aliphatic heterocycles. The molecule has 1 saturated heterocycles. The second kappa shape index (κ2) is 4.99. The lowest BCUT2D eigenvalue weighted by Gasteiger charge is -2.28. The molecule has 2 aromatic heterocycles. The van der Waals surface area contributed by atoms with Crippen LogP contribution in [-0.4, -0.2) is 33.3 Å². The summed E-state index contributed by atoms with van der Waals surface area (Å²) in [4.78, 5) is 8.34. The van der Waals surface area contributed by atoms with E-state index < -0.39 is 5.60 Å². The van der Waals surface area contributed by atoms with Crippen LogP contribution in [0.5, 0.6) is 0 Å². The summed E-state index contributed by atoms with van der Waals surface area (Å²) in [6.07, 6.45) is 4.84. The minimum atomic E-state index is -1.07. The highest BCUT2D eigenvalue weighted by atomic mass is 79.9. The highest BCUT2D eigenvalue weighted by molar-refractivity contribution is 9.10. The Kier molecular flexibility index (Phi) is 3.34. The third-order valence-corrected chi connectivity index (χ3v) is 3.58. The molecule has 6 nitrogen and oxygen atoms in total. The smallest absolute Gasteiger partial charge is 0.260 e. The molecule has 2 N–H and O–H groups in total. The van der Waals surface area contributed by atoms with Crippen LogP contribution >= 0.6 is 15.9 Å². The van der Waals surface area contributed by atoms with Crippen LogP contribution in [0.1, 0.15) is 18.7 Å². The minimum absolute atomic E-state index is 0.259. The van der Waals surface area contributed by atoms with Gasteiger partial charge >= 0.3 is 0 Å². The average molecular weight is 325 g/mol. The Bertz CT molecular complexity index is 581. The van der Waals surface area contributed by atoms with Gasteiger partial charge in [0.2, 0.25) is 5.82 Å². The van der Waals surface area contributed by atoms with Gasteiger partial charge in [-0.15, -0.1) is 0 Å². The van der Waals surface area contributed by atoms with Crippen molar-refractivity contribution in [2.75, 3.05) is 13.1 Å². The van der Waals surface area contributed by atoms with Crippen LogP contribution in [0.15, 0.2) is 27.5 Å². The monoisotopic (exact) mass is 324 g/mol. The third kappa shape index (κ3) is 2.54. The van der Waals surface area contributed by atoms with E-state index in [1.807, 2.05) is 6.07 Å². The first kappa shape index (κ1) is 12.7. The molecule has 0 aliphatic carbocycles. The van der Waals surface area contributed by atoms with Crippen molar-refractivity contribution in [2.45, 2.75) is 18.4 Å². The summed E-state index contributed by atoms with van der Waals surface area (Å²) >= 11 is 3.35. The number of pyridine rings is 1. The second-order valence-corrected chi connectivity index (χ2v) is 5.54. The van der Waals surface area contributed by atoms with E-state index in [0.29, 0.717) is 18.8 Å². The number of hydrogen-bond donors (Lipinski definition) is 2. The number of nitrogens with zero attached hydrogens (tertiary/aromatic N) is 3. The SMILES string of the molecule is OC1(c2nc(-c3cncc(Br)c3)no2)CCCNC1. The predicted molar refractivity (Wildman–Crippen MR) is 71.2 cm³/mol. The number of piperidine rings is 1. The molecule has 0 amide bonds. The molecule has 2 aromatic rings. The van der Waals surface area contributed by atoms with E-state index >= 15 is 0 Å². The van der Waals surface area contributed by atoms with Crippen molar-refractivity contribution in [3.8, 4) is 11.4 Å². The number of aliphatic hydroxyl groups is 1. The zero-order chi connectivity index (χ0) is 13.3. The van der Waals surface area contributed by atoms with Gasteiger partial charge in [0, 0.05) is 29.0 Å². The lowest BCUT2D eigenvalue weighted by molar-refractivity contribution is -0.0167. The molecule has 1 unspecified atom stereocenters. The van der Waals surface area contributed by atoms with E-state index in [1.165, 1.54) is 0 Å². The molecule has 1 fully saturated rings. The highest BCUT2D eigenvalue weighted by Crippen LogP contribution is 2.28. The van der Waals surface area contributed by atoms with E-state index in [4.69, 9.17) is 4.52 Å². The van der Waals surface area contributed by atoms with E-state index in [9.17, 15) is 5.11 Å². The second-order valence-electron chi connectivity index (χ2n) is 4.63. The highest BCUT2D eigenvalue weighted by Gasteiger charge is 2.37. The third-order valence-electron chi connectivity index (χ3n) is 3.15. The van der Waals surface area contributed by atoms with Crippen LogP contribution in [0.4, 0.5) is 0 Å². The summed E-state index contributed by atoms with van der Waals surface area (Å²) < 4.78 is 6.05. The molecule has 0 bridgehead atoms. The molecular weight excluding hydrogens is 312 g/mol. The van der Waals surface area contributed by atoms with Gasteiger partial charge in [0.05, 0.1) is 0 Å². The van der Waals surface area contributed by atoms with Crippen molar-refractivity contribution in [2.24, 2.45) is 0 Å². The van der Waals surface area contributed by atoms with E-state index in [-0.39, 0.29) is 5.89 Å². The van der Waals surface area contributed by atoms with Crippen molar-refractivity contribution in [1.29, 1.82) is 0 Å². The van der Waals surface area contributed by atoms with Gasteiger partial charge in [0.15, 0.2) is 5.60 Å². The minimum Gasteiger partial charge on any atom is -0.379 e. The van der Waals surface area contributed by atoms with Gasteiger partial charge in [0.25, 0.3) is 5.89 Å². The molecule has 0 saturated carbocycles. The van der Waals surface area contributed by atoms with E-state index in [0.717, 1.165) is 23.0 Å². The molecule has 0 aromatic carbocycles. The first-order valence-electron chi connectivity index (χ1n) is 6.06. The maximum absolute atomic E-state index is 10.5. The largest absolute Gasteiger partial charge is 0.379 e. The van der Waals surface area contributed by atoms with Gasteiger partial charge in [-0.2, -0.15) is 4.98 Å². The average Bonchev–Trinajstić information content (AvgIpc) is 2.90. The van der Waals surface area contributed by atoms with Gasteiger partial charge in [-0.05, 0) is 41.4 Å². The van der Waals surface area contributed by atoms with Crippen molar-refractivity contribution in [3.05, 3.63) is 28.8 Å².